The highest BCUT2D eigenvalue weighted by Gasteiger charge is 2.29. The Morgan fingerprint density at radius 1 is 0.788 bits per heavy atom. The second kappa shape index (κ2) is 8.34. The molecule has 2 heterocycles. The summed E-state index contributed by atoms with van der Waals surface area (Å²) in [7, 11) is 1.27. The Bertz CT molecular complexity index is 1340. The van der Waals surface area contributed by atoms with Crippen molar-refractivity contribution in [3.8, 4) is 5.75 Å². The number of quaternary nitrogens is 2. The highest BCUT2D eigenvalue weighted by atomic mass is 16.8. The number of H-pyrrole nitrogens is 2. The van der Waals surface area contributed by atoms with Gasteiger partial charge in [0.2, 0.25) is 17.1 Å². The number of aromatic nitrogens is 2. The van der Waals surface area contributed by atoms with E-state index in [1.807, 2.05) is 60.9 Å². The van der Waals surface area contributed by atoms with Crippen LogP contribution in [0, 0.1) is 10.4 Å². The molecule has 0 saturated carbocycles. The molecule has 0 aliphatic carbocycles. The van der Waals surface area contributed by atoms with Crippen molar-refractivity contribution in [2.24, 2.45) is 0 Å². The fraction of sp³-hybridized carbons (Fsp3) is 0.0833. The molecule has 2 unspecified atom stereocenters. The lowest BCUT2D eigenvalue weighted by Gasteiger charge is -2.24. The van der Waals surface area contributed by atoms with Crippen molar-refractivity contribution in [2.45, 2.75) is 5.92 Å². The highest BCUT2D eigenvalue weighted by Crippen LogP contribution is 2.42. The Hall–Kier alpha value is -3.70. The zero-order valence-electron chi connectivity index (χ0n) is 17.6. The first-order valence-corrected chi connectivity index (χ1v) is 10.3. The number of nitrogens with one attached hydrogen (secondary N) is 4. The quantitative estimate of drug-likeness (QED) is 0.223. The van der Waals surface area contributed by atoms with Crippen molar-refractivity contribution < 1.29 is 25.6 Å². The molecule has 6 N–H and O–H groups in total. The van der Waals surface area contributed by atoms with Gasteiger partial charge >= 0.3 is 0 Å². The highest BCUT2D eigenvalue weighted by molar-refractivity contribution is 5.89. The van der Waals surface area contributed by atoms with Gasteiger partial charge in [-0.05, 0) is 28.8 Å². The fourth-order valence-corrected chi connectivity index (χ4v) is 4.55. The van der Waals surface area contributed by atoms with E-state index in [9.17, 15) is 20.8 Å². The van der Waals surface area contributed by atoms with Crippen LogP contribution in [0.3, 0.4) is 0 Å². The van der Waals surface area contributed by atoms with Crippen molar-refractivity contribution in [2.75, 3.05) is 7.11 Å². The Labute approximate surface area is 188 Å². The summed E-state index contributed by atoms with van der Waals surface area (Å²) in [5, 5.41) is 43.2. The van der Waals surface area contributed by atoms with Gasteiger partial charge in [-0.3, -0.25) is 0 Å². The van der Waals surface area contributed by atoms with Crippen LogP contribution in [0.25, 0.3) is 21.8 Å². The molecule has 168 valence electrons. The van der Waals surface area contributed by atoms with Gasteiger partial charge < -0.3 is 25.1 Å². The van der Waals surface area contributed by atoms with Crippen molar-refractivity contribution in [1.82, 2.24) is 9.97 Å². The molecule has 5 rings (SSSR count). The summed E-state index contributed by atoms with van der Waals surface area (Å²) in [5.41, 5.74) is 3.83. The molecular formula is C24H22N4O5. The Kier molecular flexibility index (Phi) is 5.35. The summed E-state index contributed by atoms with van der Waals surface area (Å²) < 4.78 is 5.18. The summed E-state index contributed by atoms with van der Waals surface area (Å²) >= 11 is 0. The third-order valence-electron chi connectivity index (χ3n) is 5.97. The molecule has 9 heteroatoms. The van der Waals surface area contributed by atoms with Crippen LogP contribution < -0.4 is 15.2 Å². The molecular weight excluding hydrogens is 424 g/mol. The van der Waals surface area contributed by atoms with Crippen LogP contribution in [-0.4, -0.2) is 27.5 Å². The van der Waals surface area contributed by atoms with E-state index in [2.05, 4.69) is 9.97 Å². The Morgan fingerprint density at radius 3 is 1.67 bits per heavy atom. The molecule has 33 heavy (non-hydrogen) atoms. The molecule has 0 bridgehead atoms. The molecule has 9 nitrogen and oxygen atoms in total. The van der Waals surface area contributed by atoms with Gasteiger partial charge in [0.25, 0.3) is 0 Å². The summed E-state index contributed by atoms with van der Waals surface area (Å²) in [5.74, 6) is -0.602. The fourth-order valence-electron chi connectivity index (χ4n) is 4.55. The van der Waals surface area contributed by atoms with E-state index < -0.39 is 16.4 Å². The maximum atomic E-state index is 12.0. The lowest BCUT2D eigenvalue weighted by molar-refractivity contribution is -0.996. The summed E-state index contributed by atoms with van der Waals surface area (Å²) in [4.78, 5) is 6.56. The molecule has 2 aromatic heterocycles. The van der Waals surface area contributed by atoms with Crippen molar-refractivity contribution >= 4 is 33.2 Å². The predicted molar refractivity (Wildman–Crippen MR) is 122 cm³/mol. The second-order valence-corrected chi connectivity index (χ2v) is 7.77. The van der Waals surface area contributed by atoms with Gasteiger partial charge in [0, 0.05) is 52.3 Å². The van der Waals surface area contributed by atoms with Crippen LogP contribution in [0.4, 0.5) is 11.4 Å². The second-order valence-electron chi connectivity index (χ2n) is 7.77. The van der Waals surface area contributed by atoms with E-state index in [4.69, 9.17) is 4.74 Å². The third-order valence-corrected chi connectivity index (χ3v) is 5.97. The van der Waals surface area contributed by atoms with Crippen LogP contribution in [0.5, 0.6) is 5.75 Å². The number of ether oxygens (including phenoxy) is 1. The predicted octanol–water partition coefficient (Wildman–Crippen LogP) is 2.64. The van der Waals surface area contributed by atoms with Crippen LogP contribution in [0.1, 0.15) is 22.6 Å². The number of aromatic amines is 2. The van der Waals surface area contributed by atoms with E-state index in [0.717, 1.165) is 32.9 Å². The number of methoxy groups -OCH3 is 1. The number of fused-ring (bicyclic) bond motifs is 2. The minimum atomic E-state index is -1.26. The van der Waals surface area contributed by atoms with E-state index in [1.165, 1.54) is 19.2 Å². The minimum absolute atomic E-state index is 0.171. The minimum Gasteiger partial charge on any atom is -0.595 e. The van der Waals surface area contributed by atoms with Gasteiger partial charge in [-0.15, -0.1) is 0 Å². The summed E-state index contributed by atoms with van der Waals surface area (Å²) in [6.45, 7) is 0. The smallest absolute Gasteiger partial charge is 0.249 e. The Balaban J connectivity index is 1.84. The van der Waals surface area contributed by atoms with E-state index in [1.54, 1.807) is 0 Å². The summed E-state index contributed by atoms with van der Waals surface area (Å²) in [6, 6.07) is 18.6. The van der Waals surface area contributed by atoms with Crippen LogP contribution >= 0.6 is 0 Å². The van der Waals surface area contributed by atoms with Gasteiger partial charge in [0.15, 0.2) is 0 Å². The van der Waals surface area contributed by atoms with E-state index in [0.29, 0.717) is 5.56 Å². The molecule has 3 aromatic carbocycles. The molecule has 0 spiro atoms. The van der Waals surface area contributed by atoms with E-state index in [-0.39, 0.29) is 17.1 Å². The van der Waals surface area contributed by atoms with Gasteiger partial charge in [0.05, 0.1) is 7.11 Å². The number of hydrogen-bond acceptors (Lipinski definition) is 5. The average Bonchev–Trinajstić information content (AvgIpc) is 3.44. The zero-order valence-corrected chi connectivity index (χ0v) is 17.6. The molecule has 0 saturated heterocycles. The van der Waals surface area contributed by atoms with Crippen LogP contribution in [0.15, 0.2) is 73.1 Å². The molecule has 0 aliphatic rings. The average molecular weight is 446 g/mol. The van der Waals surface area contributed by atoms with E-state index >= 15 is 0 Å². The van der Waals surface area contributed by atoms with Gasteiger partial charge in [0.1, 0.15) is 0 Å². The zero-order chi connectivity index (χ0) is 23.1. The SMILES string of the molecule is COc1c([NH+]([O-])O)cc(C(c2c[nH]c3ccccc23)c2c[nH]c3ccccc23)cc1[NH+]([O-])O. The molecule has 5 aromatic rings. The topological polar surface area (TPSA) is 136 Å². The van der Waals surface area contributed by atoms with Gasteiger partial charge in [-0.25, -0.2) is 10.4 Å². The molecule has 0 amide bonds. The van der Waals surface area contributed by atoms with Crippen molar-refractivity contribution in [1.29, 1.82) is 0 Å². The summed E-state index contributed by atoms with van der Waals surface area (Å²) in [6.07, 6.45) is 3.78. The molecule has 0 aliphatic heterocycles. The van der Waals surface area contributed by atoms with Crippen LogP contribution in [-0.2, 0) is 0 Å². The molecule has 0 fully saturated rings. The number of para-hydroxylation sites is 2. The monoisotopic (exact) mass is 446 g/mol. The first-order chi connectivity index (χ1) is 16.0. The third kappa shape index (κ3) is 3.55. The van der Waals surface area contributed by atoms with Crippen molar-refractivity contribution in [3.63, 3.8) is 0 Å². The Morgan fingerprint density at radius 2 is 1.24 bits per heavy atom. The number of rotatable bonds is 6. The molecule has 2 atom stereocenters. The lowest BCUT2D eigenvalue weighted by Crippen LogP contribution is -3.01. The first kappa shape index (κ1) is 21.2. The maximum Gasteiger partial charge on any atom is 0.249 e. The van der Waals surface area contributed by atoms with Gasteiger partial charge in [-0.1, -0.05) is 36.4 Å². The normalized spacial score (nSPS) is 13.6. The first-order valence-electron chi connectivity index (χ1n) is 10.3. The maximum absolute atomic E-state index is 12.0. The number of benzene rings is 3. The number of hydrogen-bond donors (Lipinski definition) is 6. The largest absolute Gasteiger partial charge is 0.595 e. The lowest BCUT2D eigenvalue weighted by atomic mass is 9.84. The van der Waals surface area contributed by atoms with Crippen molar-refractivity contribution in [3.05, 3.63) is 100 Å². The molecule has 0 radical (unpaired) electrons. The standard InChI is InChI=1S/C24H22N4O5/c1-33-24-21(27(29)30)10-14(11-22(24)28(31)32)23(17-12-25-19-8-4-2-6-15(17)19)18-13-26-20-9-5-3-7-16(18)20/h2-13,23,25-29,31H,1H3. The van der Waals surface area contributed by atoms with Gasteiger partial charge in [-0.2, -0.15) is 10.5 Å². The van der Waals surface area contributed by atoms with Crippen LogP contribution in [0.2, 0.25) is 0 Å².